The second-order valence-electron chi connectivity index (χ2n) is 9.92. The third-order valence-electron chi connectivity index (χ3n) is 6.63. The van der Waals surface area contributed by atoms with Crippen LogP contribution in [0, 0.1) is 23.2 Å². The SMILES string of the molecule is C=CCC(C)(C)C(=O)OC1CC(O)C=C2C=CC(C)C(CCC(O)CC(O)CC(=O)O)C21. The number of carboxylic acids is 1. The lowest BCUT2D eigenvalue weighted by atomic mass is 9.66. The second-order valence-corrected chi connectivity index (χ2v) is 9.92. The van der Waals surface area contributed by atoms with Gasteiger partial charge >= 0.3 is 11.9 Å². The first-order valence-electron chi connectivity index (χ1n) is 11.4. The average Bonchev–Trinajstić information content (AvgIpc) is 2.66. The number of aliphatic carboxylic acids is 1. The van der Waals surface area contributed by atoms with Gasteiger partial charge in [-0.2, -0.15) is 0 Å². The number of carbonyl (C=O) groups is 2. The molecular weight excluding hydrogens is 412 g/mol. The number of carbonyl (C=O) groups excluding carboxylic acids is 1. The van der Waals surface area contributed by atoms with Crippen LogP contribution in [0.2, 0.25) is 0 Å². The van der Waals surface area contributed by atoms with Gasteiger partial charge in [-0.25, -0.2) is 0 Å². The summed E-state index contributed by atoms with van der Waals surface area (Å²) in [4.78, 5) is 23.6. The molecule has 7 unspecified atom stereocenters. The Balaban J connectivity index is 2.13. The molecule has 0 saturated carbocycles. The fraction of sp³-hybridized carbons (Fsp3) is 0.680. The van der Waals surface area contributed by atoms with E-state index in [9.17, 15) is 24.9 Å². The average molecular weight is 451 g/mol. The van der Waals surface area contributed by atoms with Crippen molar-refractivity contribution in [1.29, 1.82) is 0 Å². The van der Waals surface area contributed by atoms with Gasteiger partial charge in [0.15, 0.2) is 0 Å². The maximum Gasteiger partial charge on any atom is 0.312 e. The molecule has 0 aliphatic heterocycles. The van der Waals surface area contributed by atoms with Crippen molar-refractivity contribution >= 4 is 11.9 Å². The van der Waals surface area contributed by atoms with Crippen molar-refractivity contribution < 1.29 is 34.8 Å². The van der Waals surface area contributed by atoms with E-state index in [0.717, 1.165) is 5.57 Å². The maximum absolute atomic E-state index is 12.9. The summed E-state index contributed by atoms with van der Waals surface area (Å²) in [6, 6.07) is 0. The van der Waals surface area contributed by atoms with Crippen molar-refractivity contribution in [2.24, 2.45) is 23.2 Å². The van der Waals surface area contributed by atoms with E-state index in [-0.39, 0.29) is 30.1 Å². The Morgan fingerprint density at radius 2 is 2.00 bits per heavy atom. The Labute approximate surface area is 190 Å². The molecule has 2 aliphatic rings. The summed E-state index contributed by atoms with van der Waals surface area (Å²) < 4.78 is 5.95. The molecule has 2 aliphatic carbocycles. The third kappa shape index (κ3) is 7.02. The van der Waals surface area contributed by atoms with Gasteiger partial charge in [0, 0.05) is 12.3 Å². The zero-order valence-electron chi connectivity index (χ0n) is 19.3. The predicted molar refractivity (Wildman–Crippen MR) is 121 cm³/mol. The lowest BCUT2D eigenvalue weighted by Gasteiger charge is -2.43. The summed E-state index contributed by atoms with van der Waals surface area (Å²) >= 11 is 0. The Morgan fingerprint density at radius 3 is 2.62 bits per heavy atom. The summed E-state index contributed by atoms with van der Waals surface area (Å²) in [7, 11) is 0. The first kappa shape index (κ1) is 26.3. The lowest BCUT2D eigenvalue weighted by Crippen LogP contribution is -2.44. The van der Waals surface area contributed by atoms with E-state index in [0.29, 0.717) is 25.7 Å². The first-order valence-corrected chi connectivity index (χ1v) is 11.4. The van der Waals surface area contributed by atoms with Gasteiger partial charge in [0.25, 0.3) is 0 Å². The van der Waals surface area contributed by atoms with E-state index in [1.165, 1.54) is 0 Å². The van der Waals surface area contributed by atoms with Crippen LogP contribution in [0.25, 0.3) is 0 Å². The van der Waals surface area contributed by atoms with E-state index >= 15 is 0 Å². The molecule has 7 nitrogen and oxygen atoms in total. The van der Waals surface area contributed by atoms with Crippen LogP contribution < -0.4 is 0 Å². The smallest absolute Gasteiger partial charge is 0.312 e. The van der Waals surface area contributed by atoms with Gasteiger partial charge in [-0.15, -0.1) is 6.58 Å². The van der Waals surface area contributed by atoms with Crippen LogP contribution in [0.5, 0.6) is 0 Å². The Morgan fingerprint density at radius 1 is 1.31 bits per heavy atom. The van der Waals surface area contributed by atoms with Crippen molar-refractivity contribution in [2.45, 2.75) is 83.7 Å². The van der Waals surface area contributed by atoms with Crippen LogP contribution in [0.15, 0.2) is 36.5 Å². The molecule has 7 atom stereocenters. The molecule has 7 heteroatoms. The van der Waals surface area contributed by atoms with E-state index in [1.54, 1.807) is 6.08 Å². The number of ether oxygens (including phenoxy) is 1. The number of rotatable bonds is 11. The highest BCUT2D eigenvalue weighted by Gasteiger charge is 2.43. The van der Waals surface area contributed by atoms with E-state index < -0.39 is 42.2 Å². The zero-order valence-corrected chi connectivity index (χ0v) is 19.3. The molecule has 0 bridgehead atoms. The Kier molecular flexibility index (Phi) is 9.25. The van der Waals surface area contributed by atoms with E-state index in [4.69, 9.17) is 9.84 Å². The van der Waals surface area contributed by atoms with Crippen LogP contribution in [-0.2, 0) is 14.3 Å². The second kappa shape index (κ2) is 11.3. The number of hydrogen-bond acceptors (Lipinski definition) is 6. The molecule has 0 aromatic carbocycles. The fourth-order valence-electron chi connectivity index (χ4n) is 4.83. The minimum atomic E-state index is -1.10. The van der Waals surface area contributed by atoms with E-state index in [1.807, 2.05) is 26.0 Å². The molecule has 0 aromatic heterocycles. The normalized spacial score (nSPS) is 29.4. The molecule has 0 fully saturated rings. The van der Waals surface area contributed by atoms with Crippen LogP contribution in [-0.4, -0.2) is 56.8 Å². The van der Waals surface area contributed by atoms with Crippen molar-refractivity contribution in [2.75, 3.05) is 0 Å². The van der Waals surface area contributed by atoms with Crippen LogP contribution in [0.3, 0.4) is 0 Å². The third-order valence-corrected chi connectivity index (χ3v) is 6.63. The molecule has 0 radical (unpaired) electrons. The van der Waals surface area contributed by atoms with Gasteiger partial charge in [-0.1, -0.05) is 31.2 Å². The highest BCUT2D eigenvalue weighted by atomic mass is 16.5. The number of allylic oxidation sites excluding steroid dienone is 3. The first-order chi connectivity index (χ1) is 14.9. The van der Waals surface area contributed by atoms with Crippen molar-refractivity contribution in [1.82, 2.24) is 0 Å². The molecular formula is C25H38O7. The van der Waals surface area contributed by atoms with Crippen molar-refractivity contribution in [3.63, 3.8) is 0 Å². The molecule has 2 rings (SSSR count). The standard InChI is InChI=1S/C25H38O7/c1-5-10-25(3,4)24(31)32-21-13-18(27)11-16-7-6-15(2)20(23(16)21)9-8-17(26)12-19(28)14-22(29)30/h5-7,11,15,17-21,23,26-28H,1,8-10,12-14H2,2-4H3,(H,29,30). The number of fused-ring (bicyclic) bond motifs is 1. The number of aliphatic hydroxyl groups is 3. The molecule has 0 aromatic rings. The van der Waals surface area contributed by atoms with Gasteiger partial charge in [-0.3, -0.25) is 9.59 Å². The highest BCUT2D eigenvalue weighted by molar-refractivity contribution is 5.76. The van der Waals surface area contributed by atoms with Gasteiger partial charge in [0.2, 0.25) is 0 Å². The van der Waals surface area contributed by atoms with Gasteiger partial charge in [0.1, 0.15) is 6.10 Å². The van der Waals surface area contributed by atoms with Gasteiger partial charge < -0.3 is 25.2 Å². The lowest BCUT2D eigenvalue weighted by molar-refractivity contribution is -0.165. The minimum Gasteiger partial charge on any atom is -0.481 e. The van der Waals surface area contributed by atoms with Gasteiger partial charge in [-0.05, 0) is 56.9 Å². The number of aliphatic hydroxyl groups excluding tert-OH is 3. The molecule has 0 spiro atoms. The monoisotopic (exact) mass is 450 g/mol. The van der Waals surface area contributed by atoms with Crippen LogP contribution >= 0.6 is 0 Å². The molecule has 0 heterocycles. The summed E-state index contributed by atoms with van der Waals surface area (Å²) in [5, 5.41) is 39.3. The Hall–Kier alpha value is -1.96. The van der Waals surface area contributed by atoms with Crippen molar-refractivity contribution in [3.05, 3.63) is 36.5 Å². The summed E-state index contributed by atoms with van der Waals surface area (Å²) in [6.45, 7) is 9.41. The quantitative estimate of drug-likeness (QED) is 0.282. The molecule has 180 valence electrons. The van der Waals surface area contributed by atoms with Crippen LogP contribution in [0.1, 0.15) is 59.3 Å². The predicted octanol–water partition coefficient (Wildman–Crippen LogP) is 3.00. The maximum atomic E-state index is 12.9. The van der Waals surface area contributed by atoms with E-state index in [2.05, 4.69) is 19.6 Å². The number of hydrogen-bond donors (Lipinski definition) is 4. The Bertz CT molecular complexity index is 739. The molecule has 32 heavy (non-hydrogen) atoms. The largest absolute Gasteiger partial charge is 0.481 e. The van der Waals surface area contributed by atoms with Crippen LogP contribution in [0.4, 0.5) is 0 Å². The summed E-state index contributed by atoms with van der Waals surface area (Å²) in [5.74, 6) is -1.28. The van der Waals surface area contributed by atoms with Gasteiger partial charge in [0.05, 0.1) is 30.1 Å². The zero-order chi connectivity index (χ0) is 24.1. The molecule has 4 N–H and O–H groups in total. The molecule has 0 saturated heterocycles. The number of esters is 1. The minimum absolute atomic E-state index is 0.00345. The fourth-order valence-corrected chi connectivity index (χ4v) is 4.83. The highest BCUT2D eigenvalue weighted by Crippen LogP contribution is 2.44. The topological polar surface area (TPSA) is 124 Å². The summed E-state index contributed by atoms with van der Waals surface area (Å²) in [5.41, 5.74) is 0.224. The summed E-state index contributed by atoms with van der Waals surface area (Å²) in [6.07, 6.45) is 5.89. The van der Waals surface area contributed by atoms with Crippen molar-refractivity contribution in [3.8, 4) is 0 Å². The number of carboxylic acid groups (broad SMARTS) is 1. The molecule has 0 amide bonds.